The van der Waals surface area contributed by atoms with E-state index < -0.39 is 12.8 Å². The minimum atomic E-state index is -1.90. The lowest BCUT2D eigenvalue weighted by atomic mass is 10.1. The van der Waals surface area contributed by atoms with E-state index in [-0.39, 0.29) is 24.0 Å². The topological polar surface area (TPSA) is 22.9 Å². The largest absolute Gasteiger partial charge is 1.00 e. The summed E-state index contributed by atoms with van der Waals surface area (Å²) in [5.74, 6) is -0.465. The zero-order valence-corrected chi connectivity index (χ0v) is 9.80. The Morgan fingerprint density at radius 2 is 2.00 bits per heavy atom. The summed E-state index contributed by atoms with van der Waals surface area (Å²) in [5, 5.41) is 0. The fourth-order valence-corrected chi connectivity index (χ4v) is 1.95. The van der Waals surface area contributed by atoms with Gasteiger partial charge in [-0.2, -0.15) is 0 Å². The predicted molar refractivity (Wildman–Crippen MR) is 45.1 cm³/mol. The molecule has 1 unspecified atom stereocenters. The molecule has 0 aromatic heterocycles. The van der Waals surface area contributed by atoms with Crippen molar-refractivity contribution in [3.05, 3.63) is 0 Å². The Balaban J connectivity index is 0.00000128. The van der Waals surface area contributed by atoms with Crippen molar-refractivity contribution >= 4 is 0 Å². The number of hydrogen-bond acceptors (Lipinski definition) is 2. The molecule has 1 atom stereocenters. The van der Waals surface area contributed by atoms with Gasteiger partial charge in [0.1, 0.15) is 0 Å². The Bertz CT molecular complexity index is 231. The summed E-state index contributed by atoms with van der Waals surface area (Å²) >= 11 is 0. The Morgan fingerprint density at radius 3 is 2.69 bits per heavy atom. The summed E-state index contributed by atoms with van der Waals surface area (Å²) in [7, 11) is 0. The van der Waals surface area contributed by atoms with E-state index in [9.17, 15) is 0 Å². The van der Waals surface area contributed by atoms with Gasteiger partial charge in [0.05, 0.1) is 43.8 Å². The van der Waals surface area contributed by atoms with Crippen LogP contribution in [0.2, 0.25) is 0 Å². The van der Waals surface area contributed by atoms with Crippen LogP contribution in [-0.4, -0.2) is 39.1 Å². The lowest BCUT2D eigenvalue weighted by molar-refractivity contribution is -0.879. The highest BCUT2D eigenvalue weighted by Crippen LogP contribution is 2.28. The molecule has 1 N–H and O–H groups in total. The number of rotatable bonds is 0. The lowest BCUT2D eigenvalue weighted by Gasteiger charge is -2.24. The lowest BCUT2D eigenvalue weighted by Crippen LogP contribution is -3.08. The second-order valence-electron chi connectivity index (χ2n) is 3.56. The van der Waals surface area contributed by atoms with Crippen LogP contribution >= 0.6 is 0 Å². The van der Waals surface area contributed by atoms with Crippen LogP contribution in [0.4, 0.5) is 0 Å². The molecule has 2 aliphatic rings. The molecule has 3 nitrogen and oxygen atoms in total. The average molecular weight is 302 g/mol. The fourth-order valence-electron chi connectivity index (χ4n) is 1.95. The van der Waals surface area contributed by atoms with Gasteiger partial charge in [-0.15, -0.1) is 0 Å². The van der Waals surface area contributed by atoms with Crippen molar-refractivity contribution in [1.29, 1.82) is 0 Å². The summed E-state index contributed by atoms with van der Waals surface area (Å²) in [6.45, 7) is 0.678. The molecule has 0 radical (unpaired) electrons. The van der Waals surface area contributed by atoms with Crippen molar-refractivity contribution in [3.8, 4) is 0 Å². The van der Waals surface area contributed by atoms with E-state index in [1.807, 2.05) is 0 Å². The van der Waals surface area contributed by atoms with Gasteiger partial charge in [-0.05, 0) is 0 Å². The maximum Gasteiger partial charge on any atom is 0.174 e. The van der Waals surface area contributed by atoms with E-state index in [4.69, 9.17) is 13.6 Å². The van der Waals surface area contributed by atoms with Crippen molar-refractivity contribution in [3.63, 3.8) is 0 Å². The molecule has 0 aromatic carbocycles. The Hall–Kier alpha value is 0.610. The third-order valence-corrected chi connectivity index (χ3v) is 2.66. The minimum Gasteiger partial charge on any atom is -1.00 e. The smallest absolute Gasteiger partial charge is 0.174 e. The molecule has 2 rings (SSSR count). The van der Waals surface area contributed by atoms with E-state index in [1.54, 1.807) is 0 Å². The summed E-state index contributed by atoms with van der Waals surface area (Å²) in [5.41, 5.74) is 0. The zero-order chi connectivity index (χ0) is 10.9. The van der Waals surface area contributed by atoms with Gasteiger partial charge < -0.3 is 38.4 Å². The van der Waals surface area contributed by atoms with Crippen molar-refractivity contribution < 1.29 is 42.5 Å². The fraction of sp³-hybridized carbons (Fsp3) is 1.00. The molecule has 13 heavy (non-hydrogen) atoms. The first-order valence-electron chi connectivity index (χ1n) is 6.15. The summed E-state index contributed by atoms with van der Waals surface area (Å²) in [6.07, 6.45) is 2.38. The maximum absolute atomic E-state index is 7.40. The average Bonchev–Trinajstić information content (AvgIpc) is 2.45. The SMILES string of the molecule is [2H]C([2H])([2H])[NH+]1CCCC2(CC1)OCCO2.[I-]. The van der Waals surface area contributed by atoms with Crippen molar-refractivity contribution in [2.45, 2.75) is 25.0 Å². The molecule has 1 spiro atoms. The van der Waals surface area contributed by atoms with Crippen LogP contribution in [0.25, 0.3) is 0 Å². The van der Waals surface area contributed by atoms with E-state index in [1.165, 1.54) is 0 Å². The van der Waals surface area contributed by atoms with Crippen LogP contribution in [0.3, 0.4) is 0 Å². The molecule has 0 aliphatic carbocycles. The number of quaternary nitrogens is 1. The molecule has 4 heteroatoms. The van der Waals surface area contributed by atoms with Gasteiger partial charge in [0.2, 0.25) is 0 Å². The highest BCUT2D eigenvalue weighted by atomic mass is 127. The van der Waals surface area contributed by atoms with Crippen molar-refractivity contribution in [1.82, 2.24) is 0 Å². The molecule has 2 heterocycles. The highest BCUT2D eigenvalue weighted by Gasteiger charge is 2.38. The molecule has 78 valence electrons. The first kappa shape index (κ1) is 7.84. The maximum atomic E-state index is 7.40. The van der Waals surface area contributed by atoms with Crippen LogP contribution < -0.4 is 28.9 Å². The number of likely N-dealkylation sites (tertiary alicyclic amines) is 1. The molecule has 0 aromatic rings. The first-order chi connectivity index (χ1) is 7.02. The highest BCUT2D eigenvalue weighted by molar-refractivity contribution is 4.75. The van der Waals surface area contributed by atoms with Crippen LogP contribution in [-0.2, 0) is 9.47 Å². The van der Waals surface area contributed by atoms with Gasteiger partial charge >= 0.3 is 0 Å². The normalized spacial score (nSPS) is 36.9. The first-order valence-corrected chi connectivity index (χ1v) is 4.65. The van der Waals surface area contributed by atoms with E-state index in [0.717, 1.165) is 12.8 Å². The van der Waals surface area contributed by atoms with Crippen LogP contribution in [0.1, 0.15) is 23.4 Å². The Kier molecular flexibility index (Phi) is 2.96. The van der Waals surface area contributed by atoms with Crippen molar-refractivity contribution in [2.75, 3.05) is 33.3 Å². The second kappa shape index (κ2) is 4.91. The molecule has 0 bridgehead atoms. The van der Waals surface area contributed by atoms with Gasteiger partial charge in [0, 0.05) is 12.8 Å². The third-order valence-electron chi connectivity index (χ3n) is 2.66. The Labute approximate surface area is 101 Å². The van der Waals surface area contributed by atoms with Gasteiger partial charge in [0.25, 0.3) is 0 Å². The monoisotopic (exact) mass is 302 g/mol. The van der Waals surface area contributed by atoms with Crippen LogP contribution in [0, 0.1) is 0 Å². The van der Waals surface area contributed by atoms with Crippen LogP contribution in [0.5, 0.6) is 0 Å². The number of halogens is 1. The summed E-state index contributed by atoms with van der Waals surface area (Å²) in [6, 6.07) is 0. The summed E-state index contributed by atoms with van der Waals surface area (Å²) in [4.78, 5) is 0.679. The Morgan fingerprint density at radius 1 is 1.23 bits per heavy atom. The quantitative estimate of drug-likeness (QED) is 0.468. The van der Waals surface area contributed by atoms with E-state index in [2.05, 4.69) is 0 Å². The molecular weight excluding hydrogens is 281 g/mol. The van der Waals surface area contributed by atoms with Gasteiger partial charge in [0.15, 0.2) is 5.79 Å². The van der Waals surface area contributed by atoms with E-state index in [0.29, 0.717) is 37.6 Å². The zero-order valence-electron chi connectivity index (χ0n) is 10.6. The molecule has 0 saturated carbocycles. The molecule has 2 fully saturated rings. The number of ether oxygens (including phenoxy) is 2. The third kappa shape index (κ3) is 2.78. The van der Waals surface area contributed by atoms with E-state index >= 15 is 0 Å². The minimum absolute atomic E-state index is 0. The predicted octanol–water partition coefficient (Wildman–Crippen LogP) is -3.57. The van der Waals surface area contributed by atoms with Gasteiger partial charge in [-0.3, -0.25) is 0 Å². The molecule has 2 aliphatic heterocycles. The molecule has 0 amide bonds. The van der Waals surface area contributed by atoms with Gasteiger partial charge in [-0.25, -0.2) is 0 Å². The van der Waals surface area contributed by atoms with Crippen molar-refractivity contribution in [2.24, 2.45) is 0 Å². The van der Waals surface area contributed by atoms with Crippen LogP contribution in [0.15, 0.2) is 0 Å². The molecular formula is C9H18INO2. The number of hydrogen-bond donors (Lipinski definition) is 1. The molecule has 2 saturated heterocycles. The standard InChI is InChI=1S/C9H17NO2.HI/c1-10-5-2-3-9(4-6-10)11-7-8-12-9;/h2-8H2,1H3;1H/i1D3;. The summed E-state index contributed by atoms with van der Waals surface area (Å²) < 4.78 is 33.4. The van der Waals surface area contributed by atoms with Gasteiger partial charge in [-0.1, -0.05) is 0 Å². The number of nitrogens with one attached hydrogen (secondary N) is 1. The second-order valence-corrected chi connectivity index (χ2v) is 3.56.